The largest absolute Gasteiger partial charge is 0.368 e. The number of benzene rings is 1. The number of nitrogens with two attached hydrogens (primary N) is 2. The molecular weight excluding hydrogens is 498 g/mol. The Bertz CT molecular complexity index is 1200. The Morgan fingerprint density at radius 1 is 1.13 bits per heavy atom. The average Bonchev–Trinajstić information content (AvgIpc) is 2.93. The number of aromatic nitrogens is 1. The number of carbonyl (C=O) groups excluding carboxylic acids is 2. The number of hydrogen-bond donors (Lipinski definition) is 3. The minimum absolute atomic E-state index is 0.0556. The quantitative estimate of drug-likeness (QED) is 0.276. The molecule has 5 N–H and O–H groups in total. The van der Waals surface area contributed by atoms with Gasteiger partial charge >= 0.3 is 0 Å². The Hall–Kier alpha value is -3.60. The molecule has 2 aromatic rings. The van der Waals surface area contributed by atoms with Crippen molar-refractivity contribution < 1.29 is 9.59 Å². The van der Waals surface area contributed by atoms with Gasteiger partial charge in [-0.1, -0.05) is 55.4 Å². The number of carbonyl (C=O) groups is 2. The van der Waals surface area contributed by atoms with Gasteiger partial charge in [0.25, 0.3) is 0 Å². The second-order valence-corrected chi connectivity index (χ2v) is 10.4. The van der Waals surface area contributed by atoms with E-state index in [4.69, 9.17) is 16.5 Å². The van der Waals surface area contributed by atoms with Crippen LogP contribution in [-0.2, 0) is 16.0 Å². The first kappa shape index (κ1) is 29.0. The third-order valence-corrected chi connectivity index (χ3v) is 7.94. The fraction of sp³-hybridized carbons (Fsp3) is 0.464. The van der Waals surface area contributed by atoms with E-state index in [1.54, 1.807) is 0 Å². The van der Waals surface area contributed by atoms with Gasteiger partial charge in [-0.3, -0.25) is 9.59 Å². The molecule has 0 radical (unpaired) electrons. The predicted octanol–water partition coefficient (Wildman–Crippen LogP) is 3.31. The van der Waals surface area contributed by atoms with Crippen LogP contribution in [0.5, 0.6) is 0 Å². The van der Waals surface area contributed by atoms with Gasteiger partial charge in [-0.25, -0.2) is 4.98 Å². The Morgan fingerprint density at radius 2 is 1.82 bits per heavy atom. The third-order valence-electron chi connectivity index (χ3n) is 6.68. The summed E-state index contributed by atoms with van der Waals surface area (Å²) in [5.74, 6) is 0.0316. The molecule has 0 aliphatic carbocycles. The maximum atomic E-state index is 12.4. The fourth-order valence-corrected chi connectivity index (χ4v) is 5.73. The number of primary amides is 1. The molecule has 0 saturated carbocycles. The maximum Gasteiger partial charge on any atom is 0.235 e. The molecule has 1 aliphatic rings. The molecule has 38 heavy (non-hydrogen) atoms. The first-order valence-corrected chi connectivity index (χ1v) is 13.9. The lowest BCUT2D eigenvalue weighted by Crippen LogP contribution is -2.45. The molecule has 200 valence electrons. The summed E-state index contributed by atoms with van der Waals surface area (Å²) in [4.78, 5) is 31.5. The number of unbranched alkanes of at least 4 members (excludes halogenated alkanes) is 2. The predicted molar refractivity (Wildman–Crippen MR) is 148 cm³/mol. The van der Waals surface area contributed by atoms with E-state index >= 15 is 0 Å². The molecule has 2 amide bonds. The highest BCUT2D eigenvalue weighted by Crippen LogP contribution is 2.39. The van der Waals surface area contributed by atoms with Crippen LogP contribution in [0.25, 0.3) is 0 Å². The molecule has 0 spiro atoms. The van der Waals surface area contributed by atoms with Gasteiger partial charge in [0, 0.05) is 25.6 Å². The lowest BCUT2D eigenvalue weighted by Gasteiger charge is -2.34. The maximum absolute atomic E-state index is 12.4. The topological polar surface area (TPSA) is 162 Å². The van der Waals surface area contributed by atoms with E-state index < -0.39 is 11.2 Å². The zero-order valence-electron chi connectivity index (χ0n) is 21.8. The molecule has 10 heteroatoms. The molecule has 1 aromatic heterocycles. The Morgan fingerprint density at radius 3 is 2.39 bits per heavy atom. The Balaban J connectivity index is 1.83. The Kier molecular flexibility index (Phi) is 11.0. The normalized spacial score (nSPS) is 14.4. The van der Waals surface area contributed by atoms with Gasteiger partial charge in [0.05, 0.1) is 11.1 Å². The summed E-state index contributed by atoms with van der Waals surface area (Å²) in [5.41, 5.74) is 13.3. The summed E-state index contributed by atoms with van der Waals surface area (Å²) in [6, 6.07) is 13.7. The van der Waals surface area contributed by atoms with E-state index in [1.807, 2.05) is 42.2 Å². The lowest BCUT2D eigenvalue weighted by atomic mass is 9.99. The molecule has 1 atom stereocenters. The molecule has 1 aromatic carbocycles. The van der Waals surface area contributed by atoms with Crippen molar-refractivity contribution in [3.05, 3.63) is 52.6 Å². The van der Waals surface area contributed by atoms with Crippen LogP contribution in [0, 0.1) is 22.7 Å². The van der Waals surface area contributed by atoms with Crippen LogP contribution in [0.3, 0.4) is 0 Å². The zero-order chi connectivity index (χ0) is 27.5. The smallest absolute Gasteiger partial charge is 0.235 e. The van der Waals surface area contributed by atoms with Gasteiger partial charge in [0.2, 0.25) is 11.8 Å². The molecule has 2 heterocycles. The highest BCUT2D eigenvalue weighted by atomic mass is 32.2. The number of amides is 2. The highest BCUT2D eigenvalue weighted by Gasteiger charge is 2.29. The summed E-state index contributed by atoms with van der Waals surface area (Å²) >= 11 is 1.14. The minimum atomic E-state index is -0.730. The minimum Gasteiger partial charge on any atom is -0.368 e. The molecular formula is C28H35N7O2S. The van der Waals surface area contributed by atoms with Crippen LogP contribution in [0.2, 0.25) is 0 Å². The fourth-order valence-electron chi connectivity index (χ4n) is 4.67. The molecule has 1 fully saturated rings. The van der Waals surface area contributed by atoms with Crippen molar-refractivity contribution in [2.75, 3.05) is 24.5 Å². The number of anilines is 1. The van der Waals surface area contributed by atoms with Crippen LogP contribution >= 0.6 is 11.8 Å². The van der Waals surface area contributed by atoms with Gasteiger partial charge in [-0.2, -0.15) is 10.5 Å². The SMILES string of the molecule is CCc1c(C#N)c(SC(C(N)=O)c2ccccc2)nc(N2CCC(NC(=O)CCCCCN)CC2)c1C#N. The number of piperidine rings is 1. The molecule has 0 bridgehead atoms. The van der Waals surface area contributed by atoms with Crippen molar-refractivity contribution in [2.24, 2.45) is 11.5 Å². The summed E-state index contributed by atoms with van der Waals surface area (Å²) in [6.45, 7) is 3.75. The van der Waals surface area contributed by atoms with Crippen LogP contribution in [0.15, 0.2) is 35.4 Å². The monoisotopic (exact) mass is 533 g/mol. The van der Waals surface area contributed by atoms with Gasteiger partial charge in [-0.15, -0.1) is 0 Å². The summed E-state index contributed by atoms with van der Waals surface area (Å²) < 4.78 is 0. The number of nitrogens with one attached hydrogen (secondary N) is 1. The second-order valence-electron chi connectivity index (χ2n) is 9.29. The number of rotatable bonds is 12. The van der Waals surface area contributed by atoms with Crippen molar-refractivity contribution in [3.63, 3.8) is 0 Å². The molecule has 1 aliphatic heterocycles. The molecule has 3 rings (SSSR count). The Labute approximate surface area is 228 Å². The zero-order valence-corrected chi connectivity index (χ0v) is 22.6. The number of thioether (sulfide) groups is 1. The van der Waals surface area contributed by atoms with E-state index in [2.05, 4.69) is 17.5 Å². The van der Waals surface area contributed by atoms with Crippen LogP contribution in [0.4, 0.5) is 5.82 Å². The van der Waals surface area contributed by atoms with Crippen molar-refractivity contribution in [2.45, 2.75) is 68.2 Å². The number of nitriles is 2. The van der Waals surface area contributed by atoms with Gasteiger partial charge in [-0.05, 0) is 49.8 Å². The molecule has 1 unspecified atom stereocenters. The van der Waals surface area contributed by atoms with Crippen LogP contribution in [0.1, 0.15) is 73.0 Å². The summed E-state index contributed by atoms with van der Waals surface area (Å²) in [7, 11) is 0. The molecule has 1 saturated heterocycles. The lowest BCUT2D eigenvalue weighted by molar-refractivity contribution is -0.122. The van der Waals surface area contributed by atoms with Crippen LogP contribution < -0.4 is 21.7 Å². The van der Waals surface area contributed by atoms with E-state index in [0.29, 0.717) is 60.0 Å². The van der Waals surface area contributed by atoms with Gasteiger partial charge in [0.1, 0.15) is 28.2 Å². The average molecular weight is 534 g/mol. The van der Waals surface area contributed by atoms with Crippen molar-refractivity contribution in [1.82, 2.24) is 10.3 Å². The van der Waals surface area contributed by atoms with Crippen molar-refractivity contribution in [1.29, 1.82) is 10.5 Å². The van der Waals surface area contributed by atoms with Gasteiger partial charge in [0.15, 0.2) is 0 Å². The van der Waals surface area contributed by atoms with E-state index in [-0.39, 0.29) is 11.9 Å². The summed E-state index contributed by atoms with van der Waals surface area (Å²) in [5, 5.41) is 22.8. The van der Waals surface area contributed by atoms with E-state index in [1.165, 1.54) is 0 Å². The van der Waals surface area contributed by atoms with Crippen molar-refractivity contribution >= 4 is 29.4 Å². The van der Waals surface area contributed by atoms with Crippen LogP contribution in [-0.4, -0.2) is 42.5 Å². The van der Waals surface area contributed by atoms with Gasteiger partial charge < -0.3 is 21.7 Å². The number of pyridine rings is 1. The van der Waals surface area contributed by atoms with Crippen molar-refractivity contribution in [3.8, 4) is 12.1 Å². The first-order chi connectivity index (χ1) is 18.4. The highest BCUT2D eigenvalue weighted by molar-refractivity contribution is 8.00. The van der Waals surface area contributed by atoms with E-state index in [0.717, 1.165) is 49.4 Å². The number of hydrogen-bond acceptors (Lipinski definition) is 8. The standard InChI is InChI=1S/C28H35N7O2S/c1-2-21-22(17-30)27(35-15-12-20(13-16-35)33-24(36)11-7-4-8-14-29)34-28(23(21)18-31)38-25(26(32)37)19-9-5-3-6-10-19/h3,5-6,9-10,20,25H,2,4,7-8,11-16,29H2,1H3,(H2,32,37)(H,33,36). The third kappa shape index (κ3) is 7.25. The van der Waals surface area contributed by atoms with E-state index in [9.17, 15) is 20.1 Å². The number of nitrogens with zero attached hydrogens (tertiary/aromatic N) is 4. The summed E-state index contributed by atoms with van der Waals surface area (Å²) in [6.07, 6.45) is 5.12. The second kappa shape index (κ2) is 14.4. The first-order valence-electron chi connectivity index (χ1n) is 13.1. The molecule has 9 nitrogen and oxygen atoms in total.